The average molecular weight is 246 g/mol. The van der Waals surface area contributed by atoms with Crippen LogP contribution in [0, 0.1) is 0 Å². The molecule has 0 bridgehead atoms. The predicted octanol–water partition coefficient (Wildman–Crippen LogP) is 1.96. The molecular formula is C13H14N2O3. The van der Waals surface area contributed by atoms with Crippen LogP contribution in [0.15, 0.2) is 22.6 Å². The average Bonchev–Trinajstić information content (AvgIpc) is 2.98. The Morgan fingerprint density at radius 2 is 2.00 bits per heavy atom. The third-order valence-electron chi connectivity index (χ3n) is 2.99. The van der Waals surface area contributed by atoms with Gasteiger partial charge in [0.2, 0.25) is 5.89 Å². The summed E-state index contributed by atoms with van der Waals surface area (Å²) in [6.45, 7) is 1.52. The Morgan fingerprint density at radius 3 is 2.72 bits per heavy atom. The second-order valence-electron chi connectivity index (χ2n) is 4.06. The predicted molar refractivity (Wildman–Crippen MR) is 65.6 cm³/mol. The maximum Gasteiger partial charge on any atom is 0.226 e. The first-order valence-corrected chi connectivity index (χ1v) is 5.73. The molecule has 5 nitrogen and oxygen atoms in total. The molecule has 1 N–H and O–H groups in total. The summed E-state index contributed by atoms with van der Waals surface area (Å²) in [5.74, 6) is 2.91. The summed E-state index contributed by atoms with van der Waals surface area (Å²) in [6, 6.07) is 5.63. The van der Waals surface area contributed by atoms with E-state index in [-0.39, 0.29) is 0 Å². The number of ether oxygens (including phenoxy) is 2. The van der Waals surface area contributed by atoms with Gasteiger partial charge in [0.05, 0.1) is 26.5 Å². The zero-order valence-electron chi connectivity index (χ0n) is 10.3. The Morgan fingerprint density at radius 1 is 1.17 bits per heavy atom. The Kier molecular flexibility index (Phi) is 2.68. The summed E-state index contributed by atoms with van der Waals surface area (Å²) in [4.78, 5) is 4.47. The van der Waals surface area contributed by atoms with E-state index in [1.165, 1.54) is 0 Å². The molecule has 94 valence electrons. The summed E-state index contributed by atoms with van der Waals surface area (Å²) in [5, 5.41) is 3.19. The van der Waals surface area contributed by atoms with Crippen LogP contribution in [-0.2, 0) is 13.1 Å². The molecule has 0 aliphatic carbocycles. The van der Waals surface area contributed by atoms with Gasteiger partial charge in [-0.25, -0.2) is 4.98 Å². The van der Waals surface area contributed by atoms with Crippen LogP contribution in [0.1, 0.15) is 11.5 Å². The van der Waals surface area contributed by atoms with Crippen molar-refractivity contribution in [1.82, 2.24) is 10.3 Å². The number of rotatable bonds is 3. The fraction of sp³-hybridized carbons (Fsp3) is 0.308. The van der Waals surface area contributed by atoms with Crippen molar-refractivity contribution in [2.75, 3.05) is 14.2 Å². The summed E-state index contributed by atoms with van der Waals surface area (Å²) >= 11 is 0. The lowest BCUT2D eigenvalue weighted by atomic mass is 10.2. The fourth-order valence-corrected chi connectivity index (χ4v) is 2.05. The van der Waals surface area contributed by atoms with Gasteiger partial charge in [0.15, 0.2) is 11.5 Å². The van der Waals surface area contributed by atoms with Crippen molar-refractivity contribution in [3.8, 4) is 23.0 Å². The highest BCUT2D eigenvalue weighted by atomic mass is 16.5. The minimum atomic E-state index is 0.627. The van der Waals surface area contributed by atoms with Crippen LogP contribution in [0.4, 0.5) is 0 Å². The molecule has 5 heteroatoms. The Labute approximate surface area is 105 Å². The number of nitrogens with zero attached hydrogens (tertiary/aromatic N) is 1. The second kappa shape index (κ2) is 4.34. The highest BCUT2D eigenvalue weighted by Crippen LogP contribution is 2.33. The lowest BCUT2D eigenvalue weighted by molar-refractivity contribution is 0.355. The van der Waals surface area contributed by atoms with Crippen molar-refractivity contribution in [2.24, 2.45) is 0 Å². The van der Waals surface area contributed by atoms with Gasteiger partial charge in [-0.3, -0.25) is 0 Å². The molecule has 1 aliphatic rings. The number of methoxy groups -OCH3 is 2. The summed E-state index contributed by atoms with van der Waals surface area (Å²) < 4.78 is 16.2. The lowest BCUT2D eigenvalue weighted by Crippen LogP contribution is -2.01. The number of fused-ring (bicyclic) bond motifs is 1. The van der Waals surface area contributed by atoms with Gasteiger partial charge >= 0.3 is 0 Å². The van der Waals surface area contributed by atoms with Crippen molar-refractivity contribution in [3.05, 3.63) is 29.7 Å². The molecule has 1 aromatic carbocycles. The zero-order valence-corrected chi connectivity index (χ0v) is 10.3. The van der Waals surface area contributed by atoms with E-state index in [0.717, 1.165) is 30.1 Å². The molecule has 2 heterocycles. The highest BCUT2D eigenvalue weighted by molar-refractivity contribution is 5.60. The molecule has 3 rings (SSSR count). The molecule has 0 radical (unpaired) electrons. The van der Waals surface area contributed by atoms with Crippen LogP contribution in [0.25, 0.3) is 11.5 Å². The summed E-state index contributed by atoms with van der Waals surface area (Å²) in [7, 11) is 3.23. The van der Waals surface area contributed by atoms with Crippen LogP contribution >= 0.6 is 0 Å². The van der Waals surface area contributed by atoms with Crippen molar-refractivity contribution in [1.29, 1.82) is 0 Å². The number of hydrogen-bond donors (Lipinski definition) is 1. The monoisotopic (exact) mass is 246 g/mol. The molecule has 0 atom stereocenters. The number of nitrogens with one attached hydrogen (secondary N) is 1. The topological polar surface area (TPSA) is 56.5 Å². The fourth-order valence-electron chi connectivity index (χ4n) is 2.05. The molecule has 0 spiro atoms. The van der Waals surface area contributed by atoms with E-state index in [1.54, 1.807) is 14.2 Å². The molecule has 2 aromatic rings. The number of aromatic nitrogens is 1. The van der Waals surface area contributed by atoms with Gasteiger partial charge in [-0.1, -0.05) is 0 Å². The number of hydrogen-bond acceptors (Lipinski definition) is 5. The minimum absolute atomic E-state index is 0.627. The quantitative estimate of drug-likeness (QED) is 0.897. The molecular weight excluding hydrogens is 232 g/mol. The maximum atomic E-state index is 5.72. The zero-order chi connectivity index (χ0) is 12.5. The van der Waals surface area contributed by atoms with E-state index in [0.29, 0.717) is 17.4 Å². The lowest BCUT2D eigenvalue weighted by Gasteiger charge is -2.07. The largest absolute Gasteiger partial charge is 0.493 e. The van der Waals surface area contributed by atoms with Gasteiger partial charge in [0.1, 0.15) is 5.76 Å². The Bertz CT molecular complexity index is 556. The molecule has 18 heavy (non-hydrogen) atoms. The van der Waals surface area contributed by atoms with E-state index in [1.807, 2.05) is 18.2 Å². The van der Waals surface area contributed by atoms with E-state index in [2.05, 4.69) is 10.3 Å². The van der Waals surface area contributed by atoms with E-state index >= 15 is 0 Å². The van der Waals surface area contributed by atoms with Gasteiger partial charge in [0, 0.05) is 12.1 Å². The first-order chi connectivity index (χ1) is 8.81. The molecule has 0 amide bonds. The Balaban J connectivity index is 2.00. The van der Waals surface area contributed by atoms with Crippen LogP contribution < -0.4 is 14.8 Å². The van der Waals surface area contributed by atoms with E-state index < -0.39 is 0 Å². The standard InChI is InChI=1S/C13H14N2O3/c1-16-10-4-3-8(5-11(10)17-2)13-15-9-6-14-7-12(9)18-13/h3-5,14H,6-7H2,1-2H3. The van der Waals surface area contributed by atoms with Gasteiger partial charge in [0.25, 0.3) is 0 Å². The van der Waals surface area contributed by atoms with E-state index in [4.69, 9.17) is 13.9 Å². The minimum Gasteiger partial charge on any atom is -0.493 e. The molecule has 0 fully saturated rings. The van der Waals surface area contributed by atoms with Gasteiger partial charge in [-0.15, -0.1) is 0 Å². The van der Waals surface area contributed by atoms with Gasteiger partial charge < -0.3 is 19.2 Å². The number of oxazole rings is 1. The van der Waals surface area contributed by atoms with Crippen molar-refractivity contribution in [3.63, 3.8) is 0 Å². The van der Waals surface area contributed by atoms with Crippen LogP contribution in [0.5, 0.6) is 11.5 Å². The smallest absolute Gasteiger partial charge is 0.226 e. The Hall–Kier alpha value is -2.01. The molecule has 0 saturated carbocycles. The molecule has 0 unspecified atom stereocenters. The molecule has 1 aromatic heterocycles. The third-order valence-corrected chi connectivity index (χ3v) is 2.99. The number of benzene rings is 1. The van der Waals surface area contributed by atoms with Gasteiger partial charge in [-0.2, -0.15) is 0 Å². The van der Waals surface area contributed by atoms with Crippen molar-refractivity contribution >= 4 is 0 Å². The first-order valence-electron chi connectivity index (χ1n) is 5.73. The van der Waals surface area contributed by atoms with Crippen molar-refractivity contribution < 1.29 is 13.9 Å². The van der Waals surface area contributed by atoms with Gasteiger partial charge in [-0.05, 0) is 18.2 Å². The first kappa shape index (κ1) is 11.1. The van der Waals surface area contributed by atoms with Crippen molar-refractivity contribution in [2.45, 2.75) is 13.1 Å². The van der Waals surface area contributed by atoms with E-state index in [9.17, 15) is 0 Å². The van der Waals surface area contributed by atoms with Crippen LogP contribution in [0.2, 0.25) is 0 Å². The SMILES string of the molecule is COc1ccc(-c2nc3c(o2)CNC3)cc1OC. The third kappa shape index (κ3) is 1.73. The molecule has 0 saturated heterocycles. The van der Waals surface area contributed by atoms with Crippen LogP contribution in [-0.4, -0.2) is 19.2 Å². The molecule has 1 aliphatic heterocycles. The summed E-state index contributed by atoms with van der Waals surface area (Å²) in [5.41, 5.74) is 1.88. The second-order valence-corrected chi connectivity index (χ2v) is 4.06. The summed E-state index contributed by atoms with van der Waals surface area (Å²) in [6.07, 6.45) is 0. The maximum absolute atomic E-state index is 5.72. The highest BCUT2D eigenvalue weighted by Gasteiger charge is 2.19. The van der Waals surface area contributed by atoms with Crippen LogP contribution in [0.3, 0.4) is 0 Å². The normalized spacial score (nSPS) is 13.4.